The maximum Gasteiger partial charge on any atom is 0.528 e. The van der Waals surface area contributed by atoms with E-state index in [1.807, 2.05) is 0 Å². The van der Waals surface area contributed by atoms with Gasteiger partial charge in [-0.1, -0.05) is 6.58 Å². The molecule has 11 heavy (non-hydrogen) atoms. The van der Waals surface area contributed by atoms with Crippen LogP contribution < -0.4 is 0 Å². The van der Waals surface area contributed by atoms with Gasteiger partial charge in [0.15, 0.2) is 0 Å². The van der Waals surface area contributed by atoms with Crippen LogP contribution in [0.25, 0.3) is 0 Å². The van der Waals surface area contributed by atoms with Crippen LogP contribution >= 0.6 is 11.1 Å². The van der Waals surface area contributed by atoms with Crippen molar-refractivity contribution in [3.8, 4) is 0 Å². The van der Waals surface area contributed by atoms with Gasteiger partial charge in [0, 0.05) is 21.3 Å². The molecule has 0 spiro atoms. The lowest BCUT2D eigenvalue weighted by Gasteiger charge is -2.19. The average Bonchev–Trinajstić information content (AvgIpc) is 2.13. The van der Waals surface area contributed by atoms with E-state index in [-0.39, 0.29) is 0 Å². The number of halogens is 1. The summed E-state index contributed by atoms with van der Waals surface area (Å²) in [6.07, 6.45) is 0. The van der Waals surface area contributed by atoms with Crippen LogP contribution in [0.15, 0.2) is 12.3 Å². The molecule has 0 aliphatic carbocycles. The fourth-order valence-corrected chi connectivity index (χ4v) is 1.50. The highest BCUT2D eigenvalue weighted by Crippen LogP contribution is 2.04. The van der Waals surface area contributed by atoms with Gasteiger partial charge in [0.05, 0.1) is 0 Å². The van der Waals surface area contributed by atoms with Crippen LogP contribution in [-0.2, 0) is 13.3 Å². The topological polar surface area (TPSA) is 27.7 Å². The van der Waals surface area contributed by atoms with Crippen LogP contribution in [0.4, 0.5) is 0 Å². The van der Waals surface area contributed by atoms with Gasteiger partial charge in [0.25, 0.3) is 0 Å². The minimum Gasteiger partial charge on any atom is -0.374 e. The van der Waals surface area contributed by atoms with Gasteiger partial charge < -0.3 is 13.3 Å². The highest BCUT2D eigenvalue weighted by Gasteiger charge is 2.33. The Hall–Kier alpha value is 0.344. The van der Waals surface area contributed by atoms with E-state index in [0.29, 0.717) is 0 Å². The minimum atomic E-state index is -2.43. The van der Waals surface area contributed by atoms with Crippen molar-refractivity contribution in [2.45, 2.75) is 0 Å². The van der Waals surface area contributed by atoms with Gasteiger partial charge in [0.1, 0.15) is 9.55 Å². The molecule has 0 bridgehead atoms. The van der Waals surface area contributed by atoms with Crippen molar-refractivity contribution in [1.29, 1.82) is 0 Å². The molecule has 3 nitrogen and oxygen atoms in total. The summed E-state index contributed by atoms with van der Waals surface area (Å²) < 4.78 is 14.9. The molecule has 0 rings (SSSR count). The van der Waals surface area contributed by atoms with Crippen LogP contribution in [0.1, 0.15) is 0 Å². The van der Waals surface area contributed by atoms with Crippen molar-refractivity contribution < 1.29 is 13.3 Å². The third-order valence-corrected chi connectivity index (χ3v) is 3.31. The highest BCUT2D eigenvalue weighted by atomic mass is 35.6. The van der Waals surface area contributed by atoms with Crippen molar-refractivity contribution in [2.24, 2.45) is 0 Å². The molecule has 0 heterocycles. The normalized spacial score (nSPS) is 10.2. The molecule has 0 saturated carbocycles. The van der Waals surface area contributed by atoms with Crippen molar-refractivity contribution in [2.75, 3.05) is 21.3 Å². The first-order valence-electron chi connectivity index (χ1n) is 2.91. The lowest BCUT2D eigenvalue weighted by molar-refractivity contribution is 0.138. The van der Waals surface area contributed by atoms with Crippen molar-refractivity contribution in [3.05, 3.63) is 12.3 Å². The highest BCUT2D eigenvalue weighted by molar-refractivity contribution is 6.80. The zero-order valence-corrected chi connectivity index (χ0v) is 11.1. The first-order valence-corrected chi connectivity index (χ1v) is 7.74. The Morgan fingerprint density at radius 3 is 1.45 bits per heavy atom. The molecule has 0 amide bonds. The number of rotatable bonds is 4. The van der Waals surface area contributed by atoms with Gasteiger partial charge in [-0.15, -0.1) is 0 Å². The van der Waals surface area contributed by atoms with E-state index in [9.17, 15) is 0 Å². The Balaban J connectivity index is 0. The van der Waals surface area contributed by atoms with E-state index in [4.69, 9.17) is 24.4 Å². The Morgan fingerprint density at radius 2 is 1.45 bits per heavy atom. The second kappa shape index (κ2) is 8.44. The summed E-state index contributed by atoms with van der Waals surface area (Å²) in [5, 5.41) is 0. The van der Waals surface area contributed by atoms with Crippen LogP contribution in [0.2, 0.25) is 0 Å². The van der Waals surface area contributed by atoms with E-state index in [1.54, 1.807) is 27.0 Å². The van der Waals surface area contributed by atoms with Crippen LogP contribution in [0.5, 0.6) is 0 Å². The summed E-state index contributed by atoms with van der Waals surface area (Å²) >= 11 is 4.78. The van der Waals surface area contributed by atoms with E-state index in [2.05, 4.69) is 6.58 Å². The predicted molar refractivity (Wildman–Crippen MR) is 52.8 cm³/mol. The molecule has 6 heteroatoms. The SMILES string of the molecule is C=C[Si](OC)(OC)OC.[SiH3]Cl. The first-order chi connectivity index (χ1) is 5.24. The van der Waals surface area contributed by atoms with Gasteiger partial charge in [-0.05, 0) is 5.70 Å². The van der Waals surface area contributed by atoms with E-state index in [0.717, 1.165) is 9.55 Å². The third-order valence-electron chi connectivity index (χ3n) is 1.10. The van der Waals surface area contributed by atoms with E-state index < -0.39 is 8.80 Å². The lowest BCUT2D eigenvalue weighted by atomic mass is 11.3. The molecule has 0 aromatic rings. The van der Waals surface area contributed by atoms with Crippen LogP contribution in [0, 0.1) is 0 Å². The molecule has 0 aliphatic rings. The van der Waals surface area contributed by atoms with E-state index >= 15 is 0 Å². The quantitative estimate of drug-likeness (QED) is 0.491. The maximum atomic E-state index is 4.96. The fourth-order valence-electron chi connectivity index (χ4n) is 0.500. The molecular weight excluding hydrogens is 200 g/mol. The molecule has 0 aromatic carbocycles. The van der Waals surface area contributed by atoms with Gasteiger partial charge in [-0.25, -0.2) is 0 Å². The maximum absolute atomic E-state index is 4.96. The standard InChI is InChI=1S/C5H12O3Si.ClH3Si/c1-5-9(6-2,7-3)8-4;1-2/h5H,1H2,2-4H3;2H3. The second-order valence-electron chi connectivity index (χ2n) is 1.42. The zero-order valence-electron chi connectivity index (χ0n) is 7.39. The summed E-state index contributed by atoms with van der Waals surface area (Å²) in [6.45, 7) is 3.53. The Bertz CT molecular complexity index is 89.5. The second-order valence-corrected chi connectivity index (χ2v) is 4.26. The van der Waals surface area contributed by atoms with E-state index in [1.165, 1.54) is 0 Å². The zero-order chi connectivity index (χ0) is 9.33. The molecule has 0 aliphatic heterocycles. The molecule has 0 atom stereocenters. The molecule has 0 fully saturated rings. The summed E-state index contributed by atoms with van der Waals surface area (Å²) in [4.78, 5) is 0. The van der Waals surface area contributed by atoms with Crippen molar-refractivity contribution in [1.82, 2.24) is 0 Å². The van der Waals surface area contributed by atoms with Crippen molar-refractivity contribution >= 4 is 29.4 Å². The number of hydrogen-bond acceptors (Lipinski definition) is 3. The Kier molecular flexibility index (Phi) is 10.7. The summed E-state index contributed by atoms with van der Waals surface area (Å²) in [5.41, 5.74) is 1.58. The van der Waals surface area contributed by atoms with Crippen LogP contribution in [0.3, 0.4) is 0 Å². The molecule has 68 valence electrons. The molecule has 0 aromatic heterocycles. The minimum absolute atomic E-state index is 0.778. The molecule has 0 saturated heterocycles. The monoisotopic (exact) mass is 214 g/mol. The summed E-state index contributed by atoms with van der Waals surface area (Å²) in [7, 11) is 2.98. The molecule has 0 radical (unpaired) electrons. The Labute approximate surface area is 76.8 Å². The van der Waals surface area contributed by atoms with Gasteiger partial charge in [0.2, 0.25) is 0 Å². The smallest absolute Gasteiger partial charge is 0.374 e. The predicted octanol–water partition coefficient (Wildman–Crippen LogP) is 0.0953. The first kappa shape index (κ1) is 13.9. The van der Waals surface area contributed by atoms with Crippen LogP contribution in [-0.4, -0.2) is 39.7 Å². The van der Waals surface area contributed by atoms with Gasteiger partial charge in [-0.3, -0.25) is 0 Å². The number of hydrogen-bond donors (Lipinski definition) is 0. The van der Waals surface area contributed by atoms with Crippen molar-refractivity contribution in [3.63, 3.8) is 0 Å². The van der Waals surface area contributed by atoms with Gasteiger partial charge >= 0.3 is 8.80 Å². The summed E-state index contributed by atoms with van der Waals surface area (Å²) in [5.74, 6) is 0. The van der Waals surface area contributed by atoms with Gasteiger partial charge in [-0.2, -0.15) is 11.1 Å². The third kappa shape index (κ3) is 4.73. The largest absolute Gasteiger partial charge is 0.528 e. The Morgan fingerprint density at radius 1 is 1.18 bits per heavy atom. The molecule has 0 unspecified atom stereocenters. The fraction of sp³-hybridized carbons (Fsp3) is 0.600. The summed E-state index contributed by atoms with van der Waals surface area (Å²) in [6, 6.07) is 0. The molecule has 0 N–H and O–H groups in total. The lowest BCUT2D eigenvalue weighted by Crippen LogP contribution is -2.40. The average molecular weight is 215 g/mol. The molecular formula is C5H15ClO3Si2.